The van der Waals surface area contributed by atoms with Gasteiger partial charge in [0.05, 0.1) is 29.6 Å². The minimum absolute atomic E-state index is 0.163. The van der Waals surface area contributed by atoms with Gasteiger partial charge in [-0.15, -0.1) is 0 Å². The zero-order valence-corrected chi connectivity index (χ0v) is 19.7. The number of rotatable bonds is 5. The first kappa shape index (κ1) is 24.9. The number of phenolic OH excluding ortho intramolecular Hbond substituents is 1. The van der Waals surface area contributed by atoms with Crippen molar-refractivity contribution in [3.05, 3.63) is 46.1 Å². The van der Waals surface area contributed by atoms with Crippen LogP contribution in [0.1, 0.15) is 12.5 Å². The van der Waals surface area contributed by atoms with E-state index in [-0.39, 0.29) is 29.6 Å². The molecular formula is C25H29NO10. The Kier molecular flexibility index (Phi) is 6.20. The number of pyridine rings is 1. The van der Waals surface area contributed by atoms with Crippen LogP contribution in [0, 0.1) is 0 Å². The molecule has 7 atom stereocenters. The maximum absolute atomic E-state index is 13.2. The minimum Gasteiger partial charge on any atom is -0.507 e. The lowest BCUT2D eigenvalue weighted by molar-refractivity contribution is -0.310. The van der Waals surface area contributed by atoms with E-state index in [4.69, 9.17) is 14.2 Å². The summed E-state index contributed by atoms with van der Waals surface area (Å²) in [5.41, 5.74) is -0.104. The van der Waals surface area contributed by atoms with Crippen molar-refractivity contribution in [2.24, 2.45) is 7.05 Å². The van der Waals surface area contributed by atoms with Crippen molar-refractivity contribution in [3.8, 4) is 11.5 Å². The average Bonchev–Trinajstić information content (AvgIpc) is 3.29. The summed E-state index contributed by atoms with van der Waals surface area (Å²) in [6, 6.07) is 8.44. The van der Waals surface area contributed by atoms with Crippen molar-refractivity contribution < 1.29 is 44.8 Å². The number of aliphatic hydroxyl groups excluding tert-OH is 4. The summed E-state index contributed by atoms with van der Waals surface area (Å²) in [4.78, 5) is 13.2. The van der Waals surface area contributed by atoms with Gasteiger partial charge in [0.15, 0.2) is 6.29 Å². The third-order valence-electron chi connectivity index (χ3n) is 7.16. The summed E-state index contributed by atoms with van der Waals surface area (Å²) in [5.74, 6) is 0.0939. The number of hydrogen-bond donors (Lipinski definition) is 6. The maximum atomic E-state index is 13.2. The minimum atomic E-state index is -1.63. The number of ether oxygens (including phenoxy) is 3. The van der Waals surface area contributed by atoms with Gasteiger partial charge in [-0.3, -0.25) is 4.79 Å². The molecule has 0 spiro atoms. The summed E-state index contributed by atoms with van der Waals surface area (Å²) < 4.78 is 18.7. The van der Waals surface area contributed by atoms with Crippen LogP contribution in [-0.2, 0) is 22.9 Å². The molecule has 0 unspecified atom stereocenters. The maximum Gasteiger partial charge on any atom is 0.200 e. The number of phenols is 1. The second kappa shape index (κ2) is 8.96. The molecule has 0 saturated carbocycles. The molecule has 3 heterocycles. The second-order valence-corrected chi connectivity index (χ2v) is 9.68. The van der Waals surface area contributed by atoms with Crippen LogP contribution in [-0.4, -0.2) is 90.8 Å². The lowest BCUT2D eigenvalue weighted by Gasteiger charge is -2.40. The number of aryl methyl sites for hydroxylation is 1. The highest BCUT2D eigenvalue weighted by Crippen LogP contribution is 2.42. The van der Waals surface area contributed by atoms with E-state index in [2.05, 4.69) is 0 Å². The van der Waals surface area contributed by atoms with E-state index in [1.54, 1.807) is 19.2 Å². The van der Waals surface area contributed by atoms with E-state index in [1.807, 2.05) is 16.7 Å². The second-order valence-electron chi connectivity index (χ2n) is 9.68. The lowest BCUT2D eigenvalue weighted by atomic mass is 9.94. The quantitative estimate of drug-likeness (QED) is 0.244. The average molecular weight is 504 g/mol. The smallest absolute Gasteiger partial charge is 0.200 e. The zero-order valence-electron chi connectivity index (χ0n) is 19.7. The van der Waals surface area contributed by atoms with E-state index in [9.17, 15) is 35.4 Å². The van der Waals surface area contributed by atoms with Crippen molar-refractivity contribution in [1.29, 1.82) is 0 Å². The van der Waals surface area contributed by atoms with Crippen molar-refractivity contribution in [2.45, 2.75) is 55.8 Å². The normalized spacial score (nSPS) is 29.8. The van der Waals surface area contributed by atoms with Crippen molar-refractivity contribution in [1.82, 2.24) is 4.57 Å². The Morgan fingerprint density at radius 3 is 2.61 bits per heavy atom. The van der Waals surface area contributed by atoms with Gasteiger partial charge in [0.1, 0.15) is 47.6 Å². The summed E-state index contributed by atoms with van der Waals surface area (Å²) in [5, 5.41) is 62.0. The van der Waals surface area contributed by atoms with Crippen LogP contribution >= 0.6 is 0 Å². The number of benzene rings is 2. The molecule has 0 amide bonds. The van der Waals surface area contributed by atoms with Gasteiger partial charge in [-0.05, 0) is 19.1 Å². The highest BCUT2D eigenvalue weighted by molar-refractivity contribution is 5.99. The SMILES string of the molecule is Cn1c2ccccc2c(=O)c2c(O)cc3c(c21)C[C@@H]([C@](C)(O)CO[C@@H]1O[C@H](CO)[C@@H](O)[C@H](O)[C@@H]1O)O3. The number of fused-ring (bicyclic) bond motifs is 4. The first-order chi connectivity index (χ1) is 17.0. The summed E-state index contributed by atoms with van der Waals surface area (Å²) in [7, 11) is 1.79. The first-order valence-electron chi connectivity index (χ1n) is 11.6. The van der Waals surface area contributed by atoms with Crippen molar-refractivity contribution >= 4 is 21.8 Å². The third kappa shape index (κ3) is 3.84. The number of aliphatic hydroxyl groups is 5. The molecular weight excluding hydrogens is 474 g/mol. The van der Waals surface area contributed by atoms with Crippen LogP contribution in [0.25, 0.3) is 21.8 Å². The molecule has 11 nitrogen and oxygen atoms in total. The van der Waals surface area contributed by atoms with Gasteiger partial charge in [0.25, 0.3) is 0 Å². The Bertz CT molecular complexity index is 1370. The molecule has 2 aliphatic heterocycles. The van der Waals surface area contributed by atoms with Gasteiger partial charge in [-0.2, -0.15) is 0 Å². The third-order valence-corrected chi connectivity index (χ3v) is 7.16. The van der Waals surface area contributed by atoms with Gasteiger partial charge in [-0.25, -0.2) is 0 Å². The molecule has 0 radical (unpaired) electrons. The van der Waals surface area contributed by atoms with Crippen LogP contribution < -0.4 is 10.2 Å². The monoisotopic (exact) mass is 503 g/mol. The molecule has 6 N–H and O–H groups in total. The summed E-state index contributed by atoms with van der Waals surface area (Å²) >= 11 is 0. The van der Waals surface area contributed by atoms with Crippen LogP contribution in [0.5, 0.6) is 11.5 Å². The van der Waals surface area contributed by atoms with E-state index < -0.39 is 49.0 Å². The standard InChI is InChI=1S/C25H29NO10/c1-25(33,10-34-24-23(32)22(31)21(30)16(9-27)36-24)17-7-12-15(35-17)8-14(28)18-19(12)26(2)13-6-4-3-5-11(13)20(18)29/h3-6,8,16-17,21-24,27-28,30-33H,7,9-10H2,1-2H3/t16-,17+,21-,22+,23+,24-,25-/m1/s1. The molecule has 5 rings (SSSR count). The topological polar surface area (TPSA) is 171 Å². The molecule has 0 aliphatic carbocycles. The summed E-state index contributed by atoms with van der Waals surface area (Å²) in [6.45, 7) is 0.469. The van der Waals surface area contributed by atoms with Gasteiger partial charge in [-0.1, -0.05) is 12.1 Å². The van der Waals surface area contributed by atoms with Gasteiger partial charge < -0.3 is 49.4 Å². The van der Waals surface area contributed by atoms with E-state index in [1.165, 1.54) is 13.0 Å². The van der Waals surface area contributed by atoms with Crippen LogP contribution in [0.15, 0.2) is 35.1 Å². The molecule has 1 aromatic heterocycles. The van der Waals surface area contributed by atoms with Crippen molar-refractivity contribution in [3.63, 3.8) is 0 Å². The Hall–Kier alpha value is -2.77. The Labute approximate surface area is 205 Å². The largest absolute Gasteiger partial charge is 0.507 e. The Morgan fingerprint density at radius 2 is 1.89 bits per heavy atom. The summed E-state index contributed by atoms with van der Waals surface area (Å²) in [6.07, 6.45) is -7.94. The first-order valence-corrected chi connectivity index (χ1v) is 11.6. The molecule has 1 saturated heterocycles. The fourth-order valence-corrected chi connectivity index (χ4v) is 5.06. The molecule has 3 aromatic rings. The van der Waals surface area contributed by atoms with Gasteiger partial charge >= 0.3 is 0 Å². The molecule has 0 bridgehead atoms. The number of para-hydroxylation sites is 1. The fraction of sp³-hybridized carbons (Fsp3) is 0.480. The number of nitrogens with zero attached hydrogens (tertiary/aromatic N) is 1. The highest BCUT2D eigenvalue weighted by atomic mass is 16.7. The van der Waals surface area contributed by atoms with Crippen molar-refractivity contribution in [2.75, 3.05) is 13.2 Å². The molecule has 1 fully saturated rings. The van der Waals surface area contributed by atoms with Crippen LogP contribution in [0.2, 0.25) is 0 Å². The zero-order chi connectivity index (χ0) is 25.9. The van der Waals surface area contributed by atoms with E-state index in [0.29, 0.717) is 27.7 Å². The predicted octanol–water partition coefficient (Wildman–Crippen LogP) is -0.732. The number of aromatic hydroxyl groups is 1. The van der Waals surface area contributed by atoms with Gasteiger partial charge in [0, 0.05) is 30.5 Å². The molecule has 11 heteroatoms. The predicted molar refractivity (Wildman–Crippen MR) is 127 cm³/mol. The molecule has 2 aliphatic rings. The molecule has 194 valence electrons. The van der Waals surface area contributed by atoms with Gasteiger partial charge in [0.2, 0.25) is 5.43 Å². The Balaban J connectivity index is 1.43. The van der Waals surface area contributed by atoms with Crippen LogP contribution in [0.4, 0.5) is 0 Å². The fourth-order valence-electron chi connectivity index (χ4n) is 5.06. The van der Waals surface area contributed by atoms with Crippen LogP contribution in [0.3, 0.4) is 0 Å². The highest BCUT2D eigenvalue weighted by Gasteiger charge is 2.46. The number of hydrogen-bond acceptors (Lipinski definition) is 10. The molecule has 2 aromatic carbocycles. The van der Waals surface area contributed by atoms with E-state index in [0.717, 1.165) is 0 Å². The number of aromatic nitrogens is 1. The molecule has 36 heavy (non-hydrogen) atoms. The Morgan fingerprint density at radius 1 is 1.17 bits per heavy atom. The lowest BCUT2D eigenvalue weighted by Crippen LogP contribution is -2.60. The van der Waals surface area contributed by atoms with E-state index >= 15 is 0 Å².